The van der Waals surface area contributed by atoms with Crippen LogP contribution in [0.3, 0.4) is 0 Å². The lowest BCUT2D eigenvalue weighted by Gasteiger charge is -2.13. The molecule has 1 saturated heterocycles. The van der Waals surface area contributed by atoms with Gasteiger partial charge in [0.2, 0.25) is 18.6 Å². The first-order chi connectivity index (χ1) is 14.4. The lowest BCUT2D eigenvalue weighted by atomic mass is 10.2. The average Bonchev–Trinajstić information content (AvgIpc) is 3.29. The molecule has 2 aliphatic heterocycles. The minimum absolute atomic E-state index is 0.0473. The van der Waals surface area contributed by atoms with Crippen molar-refractivity contribution in [1.29, 1.82) is 0 Å². The fourth-order valence-electron chi connectivity index (χ4n) is 3.13. The number of carbonyl (C=O) groups is 2. The zero-order valence-electron chi connectivity index (χ0n) is 16.5. The molecule has 2 aromatic rings. The van der Waals surface area contributed by atoms with Gasteiger partial charge in [0.1, 0.15) is 5.25 Å². The number of aryl methyl sites for hydroxylation is 1. The first-order valence-electron chi connectivity index (χ1n) is 9.47. The molecule has 9 heteroatoms. The molecule has 1 N–H and O–H groups in total. The number of nitrogens with zero attached hydrogens (tertiary/aromatic N) is 2. The summed E-state index contributed by atoms with van der Waals surface area (Å²) in [5.74, 6) is 0.925. The highest BCUT2D eigenvalue weighted by atomic mass is 35.5. The summed E-state index contributed by atoms with van der Waals surface area (Å²) in [5.41, 5.74) is 2.19. The number of nitrogens with one attached hydrogen (secondary N) is 1. The number of ether oxygens (including phenoxy) is 2. The maximum absolute atomic E-state index is 12.8. The van der Waals surface area contributed by atoms with Crippen molar-refractivity contribution in [2.24, 2.45) is 4.99 Å². The number of fused-ring (bicyclic) bond motifs is 1. The molecule has 1 atom stereocenters. The van der Waals surface area contributed by atoms with E-state index in [-0.39, 0.29) is 25.0 Å². The SMILES string of the molecule is CCN1C(=O)C(CC(=O)Nc2ccc(C)c(Cl)c2)SC1=Nc1ccc2c(c1)OCO2. The van der Waals surface area contributed by atoms with Gasteiger partial charge in [-0.05, 0) is 43.7 Å². The Balaban J connectivity index is 1.46. The van der Waals surface area contributed by atoms with E-state index in [9.17, 15) is 9.59 Å². The van der Waals surface area contributed by atoms with Crippen LogP contribution in [-0.4, -0.2) is 40.5 Å². The number of hydrogen-bond acceptors (Lipinski definition) is 6. The van der Waals surface area contributed by atoms with Crippen molar-refractivity contribution in [3.63, 3.8) is 0 Å². The molecule has 0 spiro atoms. The summed E-state index contributed by atoms with van der Waals surface area (Å²) in [4.78, 5) is 31.5. The van der Waals surface area contributed by atoms with Crippen LogP contribution in [0.4, 0.5) is 11.4 Å². The Morgan fingerprint density at radius 3 is 2.83 bits per heavy atom. The molecule has 7 nitrogen and oxygen atoms in total. The van der Waals surface area contributed by atoms with Crippen LogP contribution in [0.2, 0.25) is 5.02 Å². The number of halogens is 1. The van der Waals surface area contributed by atoms with E-state index in [4.69, 9.17) is 21.1 Å². The normalized spacial score (nSPS) is 18.9. The van der Waals surface area contributed by atoms with Crippen molar-refractivity contribution in [2.75, 3.05) is 18.7 Å². The third-order valence-electron chi connectivity index (χ3n) is 4.74. The van der Waals surface area contributed by atoms with Gasteiger partial charge in [-0.1, -0.05) is 29.4 Å². The van der Waals surface area contributed by atoms with Crippen LogP contribution >= 0.6 is 23.4 Å². The van der Waals surface area contributed by atoms with E-state index in [2.05, 4.69) is 10.3 Å². The maximum Gasteiger partial charge on any atom is 0.242 e. The number of amides is 2. The highest BCUT2D eigenvalue weighted by Crippen LogP contribution is 2.37. The van der Waals surface area contributed by atoms with Crippen molar-refractivity contribution >= 4 is 51.7 Å². The number of hydrogen-bond donors (Lipinski definition) is 1. The summed E-state index contributed by atoms with van der Waals surface area (Å²) in [5, 5.41) is 3.42. The number of aliphatic imine (C=N–C) groups is 1. The second-order valence-corrected chi connectivity index (χ2v) is 8.41. The van der Waals surface area contributed by atoms with Crippen LogP contribution in [0, 0.1) is 6.92 Å². The highest BCUT2D eigenvalue weighted by Gasteiger charge is 2.38. The molecule has 2 aliphatic rings. The highest BCUT2D eigenvalue weighted by molar-refractivity contribution is 8.15. The molecule has 156 valence electrons. The van der Waals surface area contributed by atoms with Gasteiger partial charge in [0, 0.05) is 29.7 Å². The monoisotopic (exact) mass is 445 g/mol. The zero-order chi connectivity index (χ0) is 21.3. The molecule has 1 fully saturated rings. The Kier molecular flexibility index (Phi) is 5.87. The van der Waals surface area contributed by atoms with Gasteiger partial charge >= 0.3 is 0 Å². The Morgan fingerprint density at radius 2 is 2.07 bits per heavy atom. The third-order valence-corrected chi connectivity index (χ3v) is 6.33. The van der Waals surface area contributed by atoms with Crippen LogP contribution in [0.5, 0.6) is 11.5 Å². The number of anilines is 1. The van der Waals surface area contributed by atoms with E-state index in [1.807, 2.05) is 19.9 Å². The Hall–Kier alpha value is -2.71. The van der Waals surface area contributed by atoms with Gasteiger partial charge < -0.3 is 14.8 Å². The maximum atomic E-state index is 12.8. The first kappa shape index (κ1) is 20.6. The minimum atomic E-state index is -0.529. The Bertz CT molecular complexity index is 1040. The fourth-order valence-corrected chi connectivity index (χ4v) is 4.53. The van der Waals surface area contributed by atoms with Crippen LogP contribution in [-0.2, 0) is 9.59 Å². The lowest BCUT2D eigenvalue weighted by Crippen LogP contribution is -2.33. The van der Waals surface area contributed by atoms with Gasteiger partial charge in [0.15, 0.2) is 16.7 Å². The van der Waals surface area contributed by atoms with Gasteiger partial charge in [0.25, 0.3) is 0 Å². The molecule has 30 heavy (non-hydrogen) atoms. The summed E-state index contributed by atoms with van der Waals surface area (Å²) in [6.07, 6.45) is 0.0473. The predicted molar refractivity (Wildman–Crippen MR) is 118 cm³/mol. The fraction of sp³-hybridized carbons (Fsp3) is 0.286. The van der Waals surface area contributed by atoms with Crippen LogP contribution < -0.4 is 14.8 Å². The Morgan fingerprint density at radius 1 is 1.27 bits per heavy atom. The molecule has 2 aromatic carbocycles. The number of thioether (sulfide) groups is 1. The van der Waals surface area contributed by atoms with Crippen LogP contribution in [0.1, 0.15) is 18.9 Å². The third kappa shape index (κ3) is 4.24. The van der Waals surface area contributed by atoms with E-state index in [1.165, 1.54) is 11.8 Å². The largest absolute Gasteiger partial charge is 0.454 e. The van der Waals surface area contributed by atoms with E-state index < -0.39 is 5.25 Å². The predicted octanol–water partition coefficient (Wildman–Crippen LogP) is 4.36. The summed E-state index contributed by atoms with van der Waals surface area (Å²) >= 11 is 7.40. The van der Waals surface area contributed by atoms with Crippen LogP contribution in [0.15, 0.2) is 41.4 Å². The molecular weight excluding hydrogens is 426 g/mol. The van der Waals surface area contributed by atoms with Crippen molar-refractivity contribution < 1.29 is 19.1 Å². The van der Waals surface area contributed by atoms with E-state index in [1.54, 1.807) is 35.2 Å². The van der Waals surface area contributed by atoms with Gasteiger partial charge in [-0.25, -0.2) is 4.99 Å². The van der Waals surface area contributed by atoms with Crippen molar-refractivity contribution in [2.45, 2.75) is 25.5 Å². The summed E-state index contributed by atoms with van der Waals surface area (Å²) in [6.45, 7) is 4.43. The van der Waals surface area contributed by atoms with Crippen molar-refractivity contribution in [1.82, 2.24) is 4.90 Å². The van der Waals surface area contributed by atoms with Gasteiger partial charge in [0.05, 0.1) is 5.69 Å². The van der Waals surface area contributed by atoms with Crippen molar-refractivity contribution in [3.8, 4) is 11.5 Å². The Labute approximate surface area is 183 Å². The zero-order valence-corrected chi connectivity index (χ0v) is 18.0. The van der Waals surface area contributed by atoms with E-state index >= 15 is 0 Å². The second kappa shape index (κ2) is 8.57. The number of amidine groups is 1. The molecule has 1 unspecified atom stereocenters. The quantitative estimate of drug-likeness (QED) is 0.739. The van der Waals surface area contributed by atoms with Crippen molar-refractivity contribution in [3.05, 3.63) is 47.0 Å². The van der Waals surface area contributed by atoms with E-state index in [0.717, 1.165) is 5.56 Å². The molecule has 2 amide bonds. The first-order valence-corrected chi connectivity index (χ1v) is 10.7. The topological polar surface area (TPSA) is 80.2 Å². The molecule has 4 rings (SSSR count). The molecule has 0 aliphatic carbocycles. The summed E-state index contributed by atoms with van der Waals surface area (Å²) in [6, 6.07) is 10.7. The number of rotatable bonds is 5. The standard InChI is InChI=1S/C21H20ClN3O4S/c1-3-25-20(27)18(10-19(26)23-13-5-4-12(2)15(22)8-13)30-21(25)24-14-6-7-16-17(9-14)29-11-28-16/h4-9,18H,3,10-11H2,1-2H3,(H,23,26). The van der Waals surface area contributed by atoms with Crippen LogP contribution in [0.25, 0.3) is 0 Å². The van der Waals surface area contributed by atoms with E-state index in [0.29, 0.717) is 39.6 Å². The lowest BCUT2D eigenvalue weighted by molar-refractivity contribution is -0.128. The molecular formula is C21H20ClN3O4S. The second-order valence-electron chi connectivity index (χ2n) is 6.84. The molecule has 0 aromatic heterocycles. The average molecular weight is 446 g/mol. The minimum Gasteiger partial charge on any atom is -0.454 e. The van der Waals surface area contributed by atoms with Gasteiger partial charge in [-0.2, -0.15) is 0 Å². The number of carbonyl (C=O) groups excluding carboxylic acids is 2. The molecule has 0 radical (unpaired) electrons. The number of benzene rings is 2. The summed E-state index contributed by atoms with van der Waals surface area (Å²) in [7, 11) is 0. The van der Waals surface area contributed by atoms with Gasteiger partial charge in [-0.3, -0.25) is 14.5 Å². The smallest absolute Gasteiger partial charge is 0.242 e. The van der Waals surface area contributed by atoms with Gasteiger partial charge in [-0.15, -0.1) is 0 Å². The molecule has 2 heterocycles. The molecule has 0 saturated carbocycles. The molecule has 0 bridgehead atoms. The summed E-state index contributed by atoms with van der Waals surface area (Å²) < 4.78 is 10.7.